The molecule has 6 heteroatoms. The summed E-state index contributed by atoms with van der Waals surface area (Å²) in [7, 11) is 1.53. The third-order valence-electron chi connectivity index (χ3n) is 3.10. The molecule has 1 N–H and O–H groups in total. The number of amides is 1. The number of carbonyl (C=O) groups is 1. The summed E-state index contributed by atoms with van der Waals surface area (Å²) in [4.78, 5) is 11.1. The fraction of sp³-hybridized carbons (Fsp3) is 0.462. The van der Waals surface area contributed by atoms with Crippen LogP contribution in [0.2, 0.25) is 0 Å². The van der Waals surface area contributed by atoms with Gasteiger partial charge in [-0.3, -0.25) is 0 Å². The normalized spacial score (nSPS) is 21.5. The number of ether oxygens (including phenoxy) is 2. The van der Waals surface area contributed by atoms with E-state index in [4.69, 9.17) is 4.74 Å². The molecule has 1 aromatic carbocycles. The second-order valence-electron chi connectivity index (χ2n) is 4.60. The van der Waals surface area contributed by atoms with Gasteiger partial charge in [0.05, 0.1) is 7.11 Å². The van der Waals surface area contributed by atoms with Gasteiger partial charge in [-0.25, -0.2) is 13.6 Å². The van der Waals surface area contributed by atoms with Crippen molar-refractivity contribution in [1.82, 2.24) is 5.32 Å². The Morgan fingerprint density at radius 2 is 1.95 bits per heavy atom. The second kappa shape index (κ2) is 4.68. The van der Waals surface area contributed by atoms with Crippen LogP contribution >= 0.6 is 0 Å². The number of hydrogen-bond acceptors (Lipinski definition) is 3. The summed E-state index contributed by atoms with van der Waals surface area (Å²) in [5.41, 5.74) is 1.83. The number of aryl methyl sites for hydroxylation is 2. The average Bonchev–Trinajstić information content (AvgIpc) is 2.32. The van der Waals surface area contributed by atoms with Crippen LogP contribution in [-0.2, 0) is 4.74 Å². The van der Waals surface area contributed by atoms with E-state index in [0.29, 0.717) is 11.3 Å². The molecule has 1 atom stereocenters. The molecular formula is C13H15F2NO3. The number of alkyl halides is 2. The number of carbonyl (C=O) groups excluding carboxylic acids is 1. The highest BCUT2D eigenvalue weighted by atomic mass is 19.3. The first-order valence-corrected chi connectivity index (χ1v) is 5.81. The first-order valence-electron chi connectivity index (χ1n) is 5.81. The second-order valence-corrected chi connectivity index (χ2v) is 4.60. The Bertz CT molecular complexity index is 494. The van der Waals surface area contributed by atoms with Crippen molar-refractivity contribution >= 4 is 6.09 Å². The summed E-state index contributed by atoms with van der Waals surface area (Å²) in [6.45, 7) is 2.64. The van der Waals surface area contributed by atoms with Crippen molar-refractivity contribution in [3.8, 4) is 5.75 Å². The molecule has 104 valence electrons. The summed E-state index contributed by atoms with van der Waals surface area (Å²) in [5, 5.41) is 2.16. The van der Waals surface area contributed by atoms with E-state index in [2.05, 4.69) is 10.1 Å². The lowest BCUT2D eigenvalue weighted by Gasteiger charge is -2.32. The van der Waals surface area contributed by atoms with Gasteiger partial charge in [-0.2, -0.15) is 0 Å². The van der Waals surface area contributed by atoms with E-state index >= 15 is 0 Å². The average molecular weight is 271 g/mol. The van der Waals surface area contributed by atoms with E-state index in [1.807, 2.05) is 0 Å². The van der Waals surface area contributed by atoms with Gasteiger partial charge in [0.2, 0.25) is 0 Å². The maximum absolute atomic E-state index is 13.8. The molecule has 1 heterocycles. The highest BCUT2D eigenvalue weighted by Crippen LogP contribution is 2.37. The van der Waals surface area contributed by atoms with E-state index in [0.717, 1.165) is 11.1 Å². The number of cyclic esters (lactones) is 1. The molecular weight excluding hydrogens is 256 g/mol. The Balaban J connectivity index is 2.43. The number of alkyl carbamates (subject to hydrolysis) is 1. The van der Waals surface area contributed by atoms with Gasteiger partial charge in [0.1, 0.15) is 11.8 Å². The van der Waals surface area contributed by atoms with Crippen LogP contribution in [0.25, 0.3) is 0 Å². The molecule has 19 heavy (non-hydrogen) atoms. The van der Waals surface area contributed by atoms with Crippen molar-refractivity contribution in [3.05, 3.63) is 28.8 Å². The number of nitrogens with one attached hydrogen (secondary N) is 1. The first-order chi connectivity index (χ1) is 8.85. The van der Waals surface area contributed by atoms with Gasteiger partial charge in [0.15, 0.2) is 6.61 Å². The highest BCUT2D eigenvalue weighted by Gasteiger charge is 2.46. The van der Waals surface area contributed by atoms with Crippen molar-refractivity contribution in [2.45, 2.75) is 25.8 Å². The van der Waals surface area contributed by atoms with E-state index in [9.17, 15) is 13.6 Å². The van der Waals surface area contributed by atoms with E-state index in [1.54, 1.807) is 26.0 Å². The maximum atomic E-state index is 13.8. The maximum Gasteiger partial charge on any atom is 0.408 e. The summed E-state index contributed by atoms with van der Waals surface area (Å²) in [6, 6.07) is 1.81. The smallest absolute Gasteiger partial charge is 0.408 e. The summed E-state index contributed by atoms with van der Waals surface area (Å²) < 4.78 is 37.1. The molecule has 1 aliphatic heterocycles. The fourth-order valence-electron chi connectivity index (χ4n) is 2.31. The third-order valence-corrected chi connectivity index (χ3v) is 3.10. The van der Waals surface area contributed by atoms with Crippen LogP contribution in [0.4, 0.5) is 13.6 Å². The van der Waals surface area contributed by atoms with E-state index < -0.39 is 24.7 Å². The topological polar surface area (TPSA) is 47.6 Å². The summed E-state index contributed by atoms with van der Waals surface area (Å²) in [6.07, 6.45) is -0.831. The molecule has 0 saturated carbocycles. The van der Waals surface area contributed by atoms with Crippen molar-refractivity contribution in [2.24, 2.45) is 0 Å². The van der Waals surface area contributed by atoms with Crippen LogP contribution in [-0.4, -0.2) is 25.7 Å². The fourth-order valence-corrected chi connectivity index (χ4v) is 2.31. The number of benzene rings is 1. The molecule has 0 aromatic heterocycles. The minimum Gasteiger partial charge on any atom is -0.496 e. The van der Waals surface area contributed by atoms with Crippen LogP contribution in [0.15, 0.2) is 12.1 Å². The number of hydrogen-bond donors (Lipinski definition) is 1. The first kappa shape index (κ1) is 13.6. The van der Waals surface area contributed by atoms with Gasteiger partial charge in [-0.15, -0.1) is 0 Å². The Kier molecular flexibility index (Phi) is 3.34. The minimum absolute atomic E-state index is 0.345. The zero-order chi connectivity index (χ0) is 14.2. The molecule has 0 aliphatic carbocycles. The van der Waals surface area contributed by atoms with Gasteiger partial charge in [-0.1, -0.05) is 12.1 Å². The van der Waals surface area contributed by atoms with Crippen LogP contribution in [0.5, 0.6) is 5.75 Å². The Hall–Kier alpha value is -1.85. The third kappa shape index (κ3) is 2.47. The van der Waals surface area contributed by atoms with Crippen molar-refractivity contribution < 1.29 is 23.0 Å². The molecule has 1 saturated heterocycles. The Labute approximate surface area is 109 Å². The van der Waals surface area contributed by atoms with Gasteiger partial charge < -0.3 is 14.8 Å². The van der Waals surface area contributed by atoms with E-state index in [1.165, 1.54) is 7.11 Å². The van der Waals surface area contributed by atoms with Crippen molar-refractivity contribution in [3.63, 3.8) is 0 Å². The quantitative estimate of drug-likeness (QED) is 0.899. The number of methoxy groups -OCH3 is 1. The minimum atomic E-state index is -3.14. The predicted octanol–water partition coefficient (Wildman–Crippen LogP) is 2.73. The lowest BCUT2D eigenvalue weighted by atomic mass is 9.96. The highest BCUT2D eigenvalue weighted by molar-refractivity contribution is 5.69. The molecule has 1 aromatic rings. The van der Waals surface area contributed by atoms with Crippen LogP contribution in [0.1, 0.15) is 22.7 Å². The molecule has 0 unspecified atom stereocenters. The lowest BCUT2D eigenvalue weighted by Crippen LogP contribution is -2.49. The molecule has 0 bridgehead atoms. The number of rotatable bonds is 2. The van der Waals surface area contributed by atoms with Crippen molar-refractivity contribution in [1.29, 1.82) is 0 Å². The van der Waals surface area contributed by atoms with Gasteiger partial charge in [0, 0.05) is 0 Å². The van der Waals surface area contributed by atoms with Gasteiger partial charge in [-0.05, 0) is 30.5 Å². The van der Waals surface area contributed by atoms with Crippen LogP contribution in [0, 0.1) is 13.8 Å². The molecule has 0 spiro atoms. The number of halogens is 2. The lowest BCUT2D eigenvalue weighted by molar-refractivity contribution is -0.104. The summed E-state index contributed by atoms with van der Waals surface area (Å²) in [5.74, 6) is -2.48. The zero-order valence-electron chi connectivity index (χ0n) is 10.9. The van der Waals surface area contributed by atoms with Crippen LogP contribution in [0.3, 0.4) is 0 Å². The molecule has 1 amide bonds. The SMILES string of the molecule is COc1c(C)cc([C@@H]2NC(=O)OCC2(F)F)cc1C. The summed E-state index contributed by atoms with van der Waals surface area (Å²) >= 11 is 0. The molecule has 2 rings (SSSR count). The molecule has 4 nitrogen and oxygen atoms in total. The van der Waals surface area contributed by atoms with E-state index in [-0.39, 0.29) is 0 Å². The van der Waals surface area contributed by atoms with Gasteiger partial charge >= 0.3 is 12.0 Å². The van der Waals surface area contributed by atoms with Crippen LogP contribution < -0.4 is 10.1 Å². The standard InChI is InChI=1S/C13H15F2NO3/c1-7-4-9(5-8(2)10(7)18-3)11-13(14,15)6-19-12(17)16-11/h4-5,11H,6H2,1-3H3,(H,16,17)/t11-/m0/s1. The largest absolute Gasteiger partial charge is 0.496 e. The molecule has 1 fully saturated rings. The van der Waals surface area contributed by atoms with Gasteiger partial charge in [0.25, 0.3) is 0 Å². The molecule has 1 aliphatic rings. The Morgan fingerprint density at radius 3 is 2.47 bits per heavy atom. The zero-order valence-corrected chi connectivity index (χ0v) is 10.9. The van der Waals surface area contributed by atoms with Crippen molar-refractivity contribution in [2.75, 3.05) is 13.7 Å². The predicted molar refractivity (Wildman–Crippen MR) is 64.6 cm³/mol. The molecule has 0 radical (unpaired) electrons. The monoisotopic (exact) mass is 271 g/mol. The Morgan fingerprint density at radius 1 is 1.37 bits per heavy atom.